The number of aromatic nitrogens is 1. The monoisotopic (exact) mass is 325 g/mol. The molecule has 114 valence electrons. The molecule has 2 rings (SSSR count). The second-order valence-corrected chi connectivity index (χ2v) is 7.97. The van der Waals surface area contributed by atoms with Crippen molar-refractivity contribution in [1.29, 1.82) is 0 Å². The van der Waals surface area contributed by atoms with Gasteiger partial charge in [-0.05, 0) is 23.6 Å². The Kier molecular flexibility index (Phi) is 4.65. The van der Waals surface area contributed by atoms with Gasteiger partial charge in [0, 0.05) is 30.1 Å². The van der Waals surface area contributed by atoms with Crippen molar-refractivity contribution in [3.63, 3.8) is 0 Å². The molecule has 21 heavy (non-hydrogen) atoms. The maximum Gasteiger partial charge on any atom is 0.244 e. The number of thiophene rings is 1. The van der Waals surface area contributed by atoms with E-state index in [0.717, 1.165) is 4.88 Å². The molecule has 0 bridgehead atoms. The molecule has 0 fully saturated rings. The Morgan fingerprint density at radius 2 is 2.05 bits per heavy atom. The molecule has 0 aliphatic heterocycles. The number of anilines is 1. The molecule has 0 radical (unpaired) electrons. The van der Waals surface area contributed by atoms with Crippen LogP contribution in [0.2, 0.25) is 0 Å². The Morgan fingerprint density at radius 1 is 1.29 bits per heavy atom. The SMILES string of the molecule is CNc1ncccc1S(=O)(=O)NCC(C)(C)c1cccs1. The molecule has 0 amide bonds. The van der Waals surface area contributed by atoms with E-state index in [1.807, 2.05) is 31.4 Å². The number of hydrogen-bond acceptors (Lipinski definition) is 5. The fourth-order valence-corrected chi connectivity index (χ4v) is 4.12. The van der Waals surface area contributed by atoms with E-state index >= 15 is 0 Å². The van der Waals surface area contributed by atoms with Crippen molar-refractivity contribution < 1.29 is 8.42 Å². The van der Waals surface area contributed by atoms with Crippen LogP contribution >= 0.6 is 11.3 Å². The van der Waals surface area contributed by atoms with Crippen LogP contribution in [-0.4, -0.2) is 27.0 Å². The predicted octanol–water partition coefficient (Wildman–Crippen LogP) is 2.44. The zero-order chi connectivity index (χ0) is 15.5. The van der Waals surface area contributed by atoms with Crippen LogP contribution < -0.4 is 10.0 Å². The van der Waals surface area contributed by atoms with E-state index in [2.05, 4.69) is 15.0 Å². The lowest BCUT2D eigenvalue weighted by molar-refractivity contribution is 0.509. The van der Waals surface area contributed by atoms with Gasteiger partial charge < -0.3 is 5.32 Å². The van der Waals surface area contributed by atoms with Gasteiger partial charge in [-0.25, -0.2) is 18.1 Å². The van der Waals surface area contributed by atoms with E-state index in [1.54, 1.807) is 36.7 Å². The molecule has 0 aromatic carbocycles. The summed E-state index contributed by atoms with van der Waals surface area (Å²) < 4.78 is 27.6. The number of nitrogens with one attached hydrogen (secondary N) is 2. The minimum atomic E-state index is -3.60. The van der Waals surface area contributed by atoms with E-state index < -0.39 is 10.0 Å². The van der Waals surface area contributed by atoms with Crippen molar-refractivity contribution >= 4 is 27.2 Å². The minimum absolute atomic E-state index is 0.162. The predicted molar refractivity (Wildman–Crippen MR) is 86.3 cm³/mol. The molecule has 0 aliphatic carbocycles. The standard InChI is InChI=1S/C14H19N3O2S2/c1-14(2,12-7-5-9-20-12)10-17-21(18,19)11-6-4-8-16-13(11)15-3/h4-9,17H,10H2,1-3H3,(H,15,16). The topological polar surface area (TPSA) is 71.1 Å². The number of sulfonamides is 1. The highest BCUT2D eigenvalue weighted by atomic mass is 32.2. The Labute approximate surface area is 129 Å². The molecular weight excluding hydrogens is 306 g/mol. The molecular formula is C14H19N3O2S2. The van der Waals surface area contributed by atoms with Gasteiger partial charge in [0.1, 0.15) is 10.7 Å². The summed E-state index contributed by atoms with van der Waals surface area (Å²) in [4.78, 5) is 5.33. The summed E-state index contributed by atoms with van der Waals surface area (Å²) in [5, 5.41) is 4.79. The van der Waals surface area contributed by atoms with Crippen LogP contribution in [0.1, 0.15) is 18.7 Å². The van der Waals surface area contributed by atoms with Gasteiger partial charge in [0.2, 0.25) is 10.0 Å². The first-order valence-electron chi connectivity index (χ1n) is 6.53. The summed E-state index contributed by atoms with van der Waals surface area (Å²) in [5.74, 6) is 0.346. The highest BCUT2D eigenvalue weighted by molar-refractivity contribution is 7.89. The van der Waals surface area contributed by atoms with E-state index in [1.165, 1.54) is 0 Å². The second-order valence-electron chi connectivity index (χ2n) is 5.29. The first-order chi connectivity index (χ1) is 9.87. The molecule has 0 saturated carbocycles. The molecule has 0 atom stereocenters. The zero-order valence-corrected chi connectivity index (χ0v) is 13.9. The number of nitrogens with zero attached hydrogens (tertiary/aromatic N) is 1. The summed E-state index contributed by atoms with van der Waals surface area (Å²) in [6.07, 6.45) is 1.56. The third kappa shape index (κ3) is 3.61. The maximum absolute atomic E-state index is 12.4. The van der Waals surface area contributed by atoms with Gasteiger partial charge in [-0.1, -0.05) is 19.9 Å². The lowest BCUT2D eigenvalue weighted by Crippen LogP contribution is -2.36. The Bertz CT molecular complexity index is 695. The van der Waals surface area contributed by atoms with Gasteiger partial charge in [0.25, 0.3) is 0 Å². The first-order valence-corrected chi connectivity index (χ1v) is 8.89. The highest BCUT2D eigenvalue weighted by Crippen LogP contribution is 2.27. The van der Waals surface area contributed by atoms with E-state index in [4.69, 9.17) is 0 Å². The minimum Gasteiger partial charge on any atom is -0.372 e. The van der Waals surface area contributed by atoms with Crippen LogP contribution in [0.25, 0.3) is 0 Å². The lowest BCUT2D eigenvalue weighted by Gasteiger charge is -2.23. The van der Waals surface area contributed by atoms with E-state index in [9.17, 15) is 8.42 Å². The lowest BCUT2D eigenvalue weighted by atomic mass is 9.92. The summed E-state index contributed by atoms with van der Waals surface area (Å²) >= 11 is 1.62. The zero-order valence-electron chi connectivity index (χ0n) is 12.3. The van der Waals surface area contributed by atoms with Crippen LogP contribution in [0.5, 0.6) is 0 Å². The average Bonchev–Trinajstić information content (AvgIpc) is 3.00. The normalized spacial score (nSPS) is 12.3. The van der Waals surface area contributed by atoms with Crippen molar-refractivity contribution in [2.45, 2.75) is 24.2 Å². The fourth-order valence-electron chi connectivity index (χ4n) is 1.90. The number of pyridine rings is 1. The van der Waals surface area contributed by atoms with Gasteiger partial charge in [-0.2, -0.15) is 0 Å². The molecule has 2 aromatic rings. The quantitative estimate of drug-likeness (QED) is 0.856. The molecule has 0 unspecified atom stereocenters. The Hall–Kier alpha value is -1.44. The van der Waals surface area contributed by atoms with Crippen LogP contribution in [0.15, 0.2) is 40.7 Å². The number of rotatable bonds is 6. The van der Waals surface area contributed by atoms with Crippen molar-refractivity contribution in [1.82, 2.24) is 9.71 Å². The van der Waals surface area contributed by atoms with Gasteiger partial charge in [0.15, 0.2) is 0 Å². The summed E-state index contributed by atoms with van der Waals surface area (Å²) in [7, 11) is -1.95. The number of hydrogen-bond donors (Lipinski definition) is 2. The van der Waals surface area contributed by atoms with Crippen molar-refractivity contribution in [2.24, 2.45) is 0 Å². The maximum atomic E-state index is 12.4. The van der Waals surface area contributed by atoms with Gasteiger partial charge >= 0.3 is 0 Å². The van der Waals surface area contributed by atoms with Gasteiger partial charge in [-0.15, -0.1) is 11.3 Å². The molecule has 0 aliphatic rings. The summed E-state index contributed by atoms with van der Waals surface area (Å²) in [5.41, 5.74) is -0.261. The molecule has 0 spiro atoms. The van der Waals surface area contributed by atoms with E-state index in [0.29, 0.717) is 12.4 Å². The largest absolute Gasteiger partial charge is 0.372 e. The van der Waals surface area contributed by atoms with Crippen LogP contribution in [0.4, 0.5) is 5.82 Å². The summed E-state index contributed by atoms with van der Waals surface area (Å²) in [6, 6.07) is 7.14. The Morgan fingerprint density at radius 3 is 2.67 bits per heavy atom. The first kappa shape index (κ1) is 15.9. The fraction of sp³-hybridized carbons (Fsp3) is 0.357. The molecule has 2 heterocycles. The van der Waals surface area contributed by atoms with Crippen molar-refractivity contribution in [2.75, 3.05) is 18.9 Å². The van der Waals surface area contributed by atoms with Crippen molar-refractivity contribution in [3.05, 3.63) is 40.7 Å². The highest BCUT2D eigenvalue weighted by Gasteiger charge is 2.26. The molecule has 7 heteroatoms. The second kappa shape index (κ2) is 6.13. The third-order valence-corrected chi connectivity index (χ3v) is 5.86. The van der Waals surface area contributed by atoms with Crippen LogP contribution in [0.3, 0.4) is 0 Å². The smallest absolute Gasteiger partial charge is 0.244 e. The van der Waals surface area contributed by atoms with Gasteiger partial charge in [0.05, 0.1) is 0 Å². The van der Waals surface area contributed by atoms with Crippen LogP contribution in [-0.2, 0) is 15.4 Å². The summed E-state index contributed by atoms with van der Waals surface area (Å²) in [6.45, 7) is 4.36. The average molecular weight is 325 g/mol. The molecule has 2 aromatic heterocycles. The van der Waals surface area contributed by atoms with Crippen LogP contribution in [0, 0.1) is 0 Å². The molecule has 0 saturated heterocycles. The molecule has 2 N–H and O–H groups in total. The van der Waals surface area contributed by atoms with Crippen molar-refractivity contribution in [3.8, 4) is 0 Å². The molecule has 5 nitrogen and oxygen atoms in total. The van der Waals surface area contributed by atoms with E-state index in [-0.39, 0.29) is 10.3 Å². The Balaban J connectivity index is 2.19. The third-order valence-electron chi connectivity index (χ3n) is 3.19. The van der Waals surface area contributed by atoms with Gasteiger partial charge in [-0.3, -0.25) is 0 Å².